The van der Waals surface area contributed by atoms with Crippen LogP contribution in [0.5, 0.6) is 0 Å². The third-order valence-corrected chi connectivity index (χ3v) is 0. The first-order chi connectivity index (χ1) is 1.00. The minimum atomic E-state index is 0. The van der Waals surface area contributed by atoms with Crippen LogP contribution in [0.15, 0.2) is 0 Å². The first-order valence-corrected chi connectivity index (χ1v) is 2.26. The van der Waals surface area contributed by atoms with Gasteiger partial charge in [-0.1, -0.05) is 14.9 Å². The molecule has 0 aromatic carbocycles. The van der Waals surface area contributed by atoms with Gasteiger partial charge in [0.15, 0.2) is 0 Å². The van der Waals surface area contributed by atoms with Crippen LogP contribution in [0.2, 0.25) is 0 Å². The topological polar surface area (TPSA) is 0 Å². The maximum atomic E-state index is 4.02. The fourth-order valence-electron chi connectivity index (χ4n) is 0. The molecule has 41 heteroatoms. The molecular weight excluding hydrogens is 2090 g/mol. The van der Waals surface area contributed by atoms with E-state index < -0.39 is 0 Å². The zero-order chi connectivity index (χ0) is 2.00. The summed E-state index contributed by atoms with van der Waals surface area (Å²) in [5, 5.41) is 0. The van der Waals surface area contributed by atoms with Crippen molar-refractivity contribution in [3.63, 3.8) is 0 Å². The van der Waals surface area contributed by atoms with E-state index in [1.807, 2.05) is 15.7 Å². The number of hydrogen-bond acceptors (Lipinski definition) is 1. The Morgan fingerprint density at radius 3 is 0.116 bits per heavy atom. The van der Waals surface area contributed by atoms with Gasteiger partial charge in [-0.3, -0.25) is 0 Å². The predicted molar refractivity (Wildman–Crippen MR) is 21.1 cm³/mol. The van der Waals surface area contributed by atoms with E-state index in [0.29, 0.717) is 0 Å². The van der Waals surface area contributed by atoms with Gasteiger partial charge in [0.05, 0.1) is 0 Å². The molecule has 0 bridgehead atoms. The van der Waals surface area contributed by atoms with Gasteiger partial charge in [0.25, 0.3) is 0 Å². The molecule has 0 atom stereocenters. The predicted octanol–water partition coefficient (Wildman–Crippen LogP) is 1.82. The average Bonchev–Trinajstić information content (AvgIpc) is 1.00. The van der Waals surface area contributed by atoms with Gasteiger partial charge in [0.2, 0.25) is 0 Å². The van der Waals surface area contributed by atoms with E-state index in [1.54, 1.807) is 0 Å². The Morgan fingerprint density at radius 1 is 0.116 bits per heavy atom. The van der Waals surface area contributed by atoms with E-state index in [-0.39, 0.29) is 739 Å². The van der Waals surface area contributed by atoms with Crippen molar-refractivity contribution in [1.29, 1.82) is 0 Å². The summed E-state index contributed by atoms with van der Waals surface area (Å²) in [4.78, 5) is 0. The SMILES string of the molecule is C.C.[S]=[V].[V].[V].[V].[V].[V].[V].[V].[V].[V].[V].[V].[V].[V].[V].[V].[V].[V].[V].[V].[V].[V].[V].[V].[V].[V].[V].[V].[V].[V].[V].[V].[V].[V].[V].[V].[V].[V].[V].[V]. The first-order valence-electron chi connectivity index (χ1n) is 0.183. The molecule has 0 aliphatic heterocycles. The Kier molecular flexibility index (Phi) is 5410. The summed E-state index contributed by atoms with van der Waals surface area (Å²) in [5.41, 5.74) is 0. The largest absolute Gasteiger partial charge is 0 e. The van der Waals surface area contributed by atoms with Gasteiger partial charge in [-0.25, -0.2) is 0 Å². The van der Waals surface area contributed by atoms with Gasteiger partial charge in [-0.05, 0) is 0 Å². The number of hydrogen-bond donors (Lipinski definition) is 0. The van der Waals surface area contributed by atoms with Crippen LogP contribution in [0.1, 0.15) is 14.9 Å². The smallest absolute Gasteiger partial charge is 0 e. The molecule has 0 aliphatic rings. The van der Waals surface area contributed by atoms with Crippen LogP contribution < -0.4 is 0 Å². The quantitative estimate of drug-likeness (QED) is 0.358. The van der Waals surface area contributed by atoms with E-state index in [9.17, 15) is 0 Å². The van der Waals surface area contributed by atoms with E-state index in [4.69, 9.17) is 0 Å². The standard InChI is InChI=1S/2CH4.S.40V/h2*1H4;;;;;;;;;;;;;;;;;;;;;;;;;;;;;;;;;;;;;;;;;. The molecule has 0 N–H and O–H groups in total. The second-order valence-electron chi connectivity index (χ2n) is 0. The molecule has 0 fully saturated rings. The Morgan fingerprint density at radius 2 is 0.116 bits per heavy atom. The molecule has 0 amide bonds. The fourth-order valence-corrected chi connectivity index (χ4v) is 0. The van der Waals surface area contributed by atoms with Crippen LogP contribution in [0.4, 0.5) is 0 Å². The second kappa shape index (κ2) is 492. The first kappa shape index (κ1) is 474. The molecule has 0 saturated carbocycles. The molecule has 0 spiro atoms. The minimum Gasteiger partial charge on any atom is 0 e. The molecule has 0 aromatic rings. The molecule has 0 aliphatic carbocycles. The third-order valence-electron chi connectivity index (χ3n) is 0. The molecule has 0 saturated heterocycles. The molecule has 0 rings (SSSR count). The summed E-state index contributed by atoms with van der Waals surface area (Å²) >= 11 is 1.90. The summed E-state index contributed by atoms with van der Waals surface area (Å²) in [6, 6.07) is 0. The van der Waals surface area contributed by atoms with E-state index >= 15 is 0 Å². The monoisotopic (exact) mass is 2100 g/mol. The number of rotatable bonds is 0. The van der Waals surface area contributed by atoms with Crippen molar-refractivity contribution in [2.45, 2.75) is 14.9 Å². The summed E-state index contributed by atoms with van der Waals surface area (Å²) in [6.45, 7) is 0. The van der Waals surface area contributed by atoms with Gasteiger partial charge < -0.3 is 0 Å². The van der Waals surface area contributed by atoms with E-state index in [0.717, 1.165) is 0 Å². The molecule has 39 radical (unpaired) electrons. The molecule has 222 valence electrons. The third kappa shape index (κ3) is 476. The van der Waals surface area contributed by atoms with Crippen LogP contribution in [0.3, 0.4) is 0 Å². The van der Waals surface area contributed by atoms with Gasteiger partial charge in [-0.15, -0.1) is 0 Å². The zero-order valence-electron chi connectivity index (χ0n) is 18.3. The van der Waals surface area contributed by atoms with Crippen LogP contribution >= 0.6 is 10.3 Å². The van der Waals surface area contributed by atoms with Crippen molar-refractivity contribution >= 4 is 10.3 Å². The summed E-state index contributed by atoms with van der Waals surface area (Å²) in [7, 11) is 4.02. The van der Waals surface area contributed by atoms with E-state index in [1.165, 1.54) is 0 Å². The van der Waals surface area contributed by atoms with Crippen LogP contribution in [0, 0.1) is 0 Å². The van der Waals surface area contributed by atoms with Crippen molar-refractivity contribution in [3.8, 4) is 0 Å². The summed E-state index contributed by atoms with van der Waals surface area (Å²) < 4.78 is 0. The second-order valence-corrected chi connectivity index (χ2v) is 0. The Balaban J connectivity index is -0.00000000000610. The Hall–Kier alpha value is 23.6. The summed E-state index contributed by atoms with van der Waals surface area (Å²) in [5.74, 6) is 0. The van der Waals surface area contributed by atoms with Crippen molar-refractivity contribution in [2.75, 3.05) is 0 Å². The maximum absolute atomic E-state index is 4.02. The van der Waals surface area contributed by atoms with Gasteiger partial charge in [-0.2, -0.15) is 0 Å². The maximum Gasteiger partial charge on any atom is 0 e. The molecule has 43 heavy (non-hydrogen) atoms. The fraction of sp³-hybridized carbons (Fsp3) is 1.00. The Labute approximate surface area is 744 Å². The van der Waals surface area contributed by atoms with Crippen molar-refractivity contribution in [3.05, 3.63) is 0 Å². The van der Waals surface area contributed by atoms with E-state index in [2.05, 4.69) is 10.3 Å². The normalized spacial score (nSPS) is 0.0698. The van der Waals surface area contributed by atoms with Gasteiger partial charge >= 0.3 is 26.0 Å². The summed E-state index contributed by atoms with van der Waals surface area (Å²) in [6.07, 6.45) is 0. The molecule has 0 nitrogen and oxygen atoms in total. The molecule has 0 heterocycles. The van der Waals surface area contributed by atoms with Crippen molar-refractivity contribution in [1.82, 2.24) is 0 Å². The van der Waals surface area contributed by atoms with Gasteiger partial charge in [0, 0.05) is 724 Å². The van der Waals surface area contributed by atoms with Crippen LogP contribution in [-0.4, -0.2) is 0 Å². The van der Waals surface area contributed by atoms with Crippen LogP contribution in [-0.2, 0) is 739 Å². The molecule has 0 aromatic heterocycles. The Bertz CT molecular complexity index is 18.5. The van der Waals surface area contributed by atoms with Gasteiger partial charge in [0.1, 0.15) is 0 Å². The van der Waals surface area contributed by atoms with Crippen LogP contribution in [0.25, 0.3) is 0 Å². The zero-order valence-corrected chi connectivity index (χ0v) is 75.0. The van der Waals surface area contributed by atoms with Crippen molar-refractivity contribution < 1.29 is 739 Å². The molecular formula is C2H8SV40. The minimum absolute atomic E-state index is 0. The average molecular weight is 2100 g/mol. The van der Waals surface area contributed by atoms with Crippen molar-refractivity contribution in [2.24, 2.45) is 0 Å². The molecule has 0 unspecified atom stereocenters.